The van der Waals surface area contributed by atoms with E-state index in [2.05, 4.69) is 10.3 Å². The molecule has 0 aliphatic carbocycles. The van der Waals surface area contributed by atoms with Crippen LogP contribution in [0.5, 0.6) is 0 Å². The van der Waals surface area contributed by atoms with E-state index in [0.29, 0.717) is 0 Å². The maximum Gasteiger partial charge on any atom is 0.417 e. The van der Waals surface area contributed by atoms with Gasteiger partial charge in [0.25, 0.3) is 0 Å². The zero-order valence-corrected chi connectivity index (χ0v) is 9.37. The molecular formula is C10H4ClF3N4. The lowest BCUT2D eigenvalue weighted by Crippen LogP contribution is -2.07. The van der Waals surface area contributed by atoms with E-state index in [1.54, 1.807) is 6.07 Å². The van der Waals surface area contributed by atoms with Gasteiger partial charge in [-0.2, -0.15) is 18.4 Å². The minimum atomic E-state index is -4.55. The van der Waals surface area contributed by atoms with E-state index in [4.69, 9.17) is 16.9 Å². The minimum absolute atomic E-state index is 0.0125. The number of hydrogen-bond acceptors (Lipinski definition) is 3. The van der Waals surface area contributed by atoms with Crippen molar-refractivity contribution < 1.29 is 13.2 Å². The molecule has 8 heteroatoms. The van der Waals surface area contributed by atoms with Crippen LogP contribution >= 0.6 is 11.6 Å². The number of halogens is 4. The average Bonchev–Trinajstić information content (AvgIpc) is 2.76. The number of nitrogens with zero attached hydrogens (tertiary/aromatic N) is 4. The van der Waals surface area contributed by atoms with Crippen molar-refractivity contribution in [2.24, 2.45) is 0 Å². The van der Waals surface area contributed by atoms with Crippen LogP contribution in [0.25, 0.3) is 5.69 Å². The van der Waals surface area contributed by atoms with Crippen LogP contribution in [-0.2, 0) is 6.18 Å². The topological polar surface area (TPSA) is 54.5 Å². The average molecular weight is 273 g/mol. The molecule has 0 aliphatic heterocycles. The lowest BCUT2D eigenvalue weighted by Gasteiger charge is -2.10. The van der Waals surface area contributed by atoms with Crippen LogP contribution in [0.1, 0.15) is 11.3 Å². The standard InChI is InChI=1S/C10H4ClF3N4/c11-9-2-1-7(3-8(9)10(12,13)14)18-5-6(4-15)16-17-18/h1-3,5H. The molecule has 2 aromatic rings. The number of alkyl halides is 3. The molecule has 1 aromatic heterocycles. The smallest absolute Gasteiger partial charge is 0.219 e. The quantitative estimate of drug-likeness (QED) is 0.802. The van der Waals surface area contributed by atoms with Crippen molar-refractivity contribution in [1.29, 1.82) is 5.26 Å². The highest BCUT2D eigenvalue weighted by Crippen LogP contribution is 2.35. The summed E-state index contributed by atoms with van der Waals surface area (Å²) in [5.74, 6) is 0. The molecule has 0 spiro atoms. The van der Waals surface area contributed by atoms with Gasteiger partial charge in [-0.15, -0.1) is 5.10 Å². The Kier molecular flexibility index (Phi) is 2.97. The van der Waals surface area contributed by atoms with E-state index >= 15 is 0 Å². The van der Waals surface area contributed by atoms with Gasteiger partial charge in [0, 0.05) is 0 Å². The van der Waals surface area contributed by atoms with E-state index in [-0.39, 0.29) is 11.4 Å². The van der Waals surface area contributed by atoms with Crippen LogP contribution in [0.4, 0.5) is 13.2 Å². The highest BCUT2D eigenvalue weighted by atomic mass is 35.5. The first kappa shape index (κ1) is 12.4. The first-order valence-corrected chi connectivity index (χ1v) is 4.99. The largest absolute Gasteiger partial charge is 0.417 e. The molecule has 0 amide bonds. The summed E-state index contributed by atoms with van der Waals surface area (Å²) in [5, 5.41) is 15.2. The summed E-state index contributed by atoms with van der Waals surface area (Å²) in [5.41, 5.74) is -0.824. The molecule has 1 aromatic carbocycles. The number of aromatic nitrogens is 3. The summed E-state index contributed by atoms with van der Waals surface area (Å²) in [4.78, 5) is 0. The van der Waals surface area contributed by atoms with Crippen molar-refractivity contribution in [3.63, 3.8) is 0 Å². The molecular weight excluding hydrogens is 269 g/mol. The van der Waals surface area contributed by atoms with Crippen molar-refractivity contribution >= 4 is 11.6 Å². The van der Waals surface area contributed by atoms with Gasteiger partial charge in [0.15, 0.2) is 5.69 Å². The fourth-order valence-corrected chi connectivity index (χ4v) is 1.54. The molecule has 0 saturated carbocycles. The van der Waals surface area contributed by atoms with Crippen molar-refractivity contribution in [3.05, 3.63) is 40.7 Å². The van der Waals surface area contributed by atoms with Gasteiger partial charge >= 0.3 is 6.18 Å². The number of benzene rings is 1. The molecule has 0 N–H and O–H groups in total. The van der Waals surface area contributed by atoms with Gasteiger partial charge in [-0.25, -0.2) is 4.68 Å². The first-order valence-electron chi connectivity index (χ1n) is 4.61. The molecule has 0 saturated heterocycles. The Hall–Kier alpha value is -2.07. The summed E-state index contributed by atoms with van der Waals surface area (Å²) >= 11 is 5.48. The zero-order valence-electron chi connectivity index (χ0n) is 8.61. The van der Waals surface area contributed by atoms with Gasteiger partial charge in [0.05, 0.1) is 22.5 Å². The molecule has 0 atom stereocenters. The third-order valence-electron chi connectivity index (χ3n) is 2.13. The van der Waals surface area contributed by atoms with Gasteiger partial charge in [0.2, 0.25) is 0 Å². The highest BCUT2D eigenvalue weighted by molar-refractivity contribution is 6.31. The maximum atomic E-state index is 12.6. The van der Waals surface area contributed by atoms with Crippen LogP contribution in [-0.4, -0.2) is 15.0 Å². The van der Waals surface area contributed by atoms with Gasteiger partial charge in [-0.3, -0.25) is 0 Å². The SMILES string of the molecule is N#Cc1cn(-c2ccc(Cl)c(C(F)(F)F)c2)nn1. The van der Waals surface area contributed by atoms with Gasteiger partial charge < -0.3 is 0 Å². The van der Waals surface area contributed by atoms with E-state index in [1.807, 2.05) is 0 Å². The van der Waals surface area contributed by atoms with Gasteiger partial charge in [-0.05, 0) is 18.2 Å². The van der Waals surface area contributed by atoms with Crippen molar-refractivity contribution in [2.45, 2.75) is 6.18 Å². The van der Waals surface area contributed by atoms with Crippen molar-refractivity contribution in [3.8, 4) is 11.8 Å². The first-order chi connectivity index (χ1) is 8.41. The summed E-state index contributed by atoms with van der Waals surface area (Å²) in [6.07, 6.45) is -3.32. The molecule has 18 heavy (non-hydrogen) atoms. The highest BCUT2D eigenvalue weighted by Gasteiger charge is 2.33. The van der Waals surface area contributed by atoms with E-state index in [1.165, 1.54) is 12.3 Å². The van der Waals surface area contributed by atoms with E-state index < -0.39 is 16.8 Å². The van der Waals surface area contributed by atoms with Crippen LogP contribution in [0.2, 0.25) is 5.02 Å². The summed E-state index contributed by atoms with van der Waals surface area (Å²) in [6, 6.07) is 5.05. The third-order valence-corrected chi connectivity index (χ3v) is 2.46. The van der Waals surface area contributed by atoms with Crippen molar-refractivity contribution in [2.75, 3.05) is 0 Å². The molecule has 0 aliphatic rings. The lowest BCUT2D eigenvalue weighted by molar-refractivity contribution is -0.137. The second-order valence-corrected chi connectivity index (χ2v) is 3.73. The Morgan fingerprint density at radius 3 is 2.61 bits per heavy atom. The third kappa shape index (κ3) is 2.28. The molecule has 4 nitrogen and oxygen atoms in total. The number of hydrogen-bond donors (Lipinski definition) is 0. The summed E-state index contributed by atoms with van der Waals surface area (Å²) < 4.78 is 39.0. The number of rotatable bonds is 1. The Morgan fingerprint density at radius 2 is 2.06 bits per heavy atom. The molecule has 0 unspecified atom stereocenters. The van der Waals surface area contributed by atoms with Crippen LogP contribution < -0.4 is 0 Å². The number of nitriles is 1. The summed E-state index contributed by atoms with van der Waals surface area (Å²) in [7, 11) is 0. The predicted octanol–water partition coefficient (Wildman–Crippen LogP) is 2.81. The normalized spacial score (nSPS) is 11.3. The van der Waals surface area contributed by atoms with Gasteiger partial charge in [-0.1, -0.05) is 16.8 Å². The van der Waals surface area contributed by atoms with Crippen LogP contribution in [0.3, 0.4) is 0 Å². The second kappa shape index (κ2) is 4.31. The minimum Gasteiger partial charge on any atom is -0.219 e. The molecule has 0 fully saturated rings. The van der Waals surface area contributed by atoms with E-state index in [0.717, 1.165) is 16.8 Å². The monoisotopic (exact) mass is 272 g/mol. The maximum absolute atomic E-state index is 12.6. The molecule has 0 radical (unpaired) electrons. The predicted molar refractivity (Wildman–Crippen MR) is 56.1 cm³/mol. The summed E-state index contributed by atoms with van der Waals surface area (Å²) in [6.45, 7) is 0. The van der Waals surface area contributed by atoms with Crippen LogP contribution in [0.15, 0.2) is 24.4 Å². The molecule has 92 valence electrons. The fraction of sp³-hybridized carbons (Fsp3) is 0.100. The lowest BCUT2D eigenvalue weighted by atomic mass is 10.2. The Bertz CT molecular complexity index is 627. The van der Waals surface area contributed by atoms with Gasteiger partial charge in [0.1, 0.15) is 6.07 Å². The molecule has 1 heterocycles. The van der Waals surface area contributed by atoms with E-state index in [9.17, 15) is 13.2 Å². The van der Waals surface area contributed by atoms with Crippen LogP contribution in [0, 0.1) is 11.3 Å². The Morgan fingerprint density at radius 1 is 1.33 bits per heavy atom. The Balaban J connectivity index is 2.51. The Labute approximate surface area is 104 Å². The molecule has 2 rings (SSSR count). The molecule has 0 bridgehead atoms. The fourth-order valence-electron chi connectivity index (χ4n) is 1.31. The second-order valence-electron chi connectivity index (χ2n) is 3.32. The zero-order chi connectivity index (χ0) is 13.3. The van der Waals surface area contributed by atoms with Crippen molar-refractivity contribution in [1.82, 2.24) is 15.0 Å².